The number of hydrogen-bond donors (Lipinski definition) is 0. The maximum absolute atomic E-state index is 6.28. The summed E-state index contributed by atoms with van der Waals surface area (Å²) in [5.41, 5.74) is 1.93. The van der Waals surface area contributed by atoms with Crippen molar-refractivity contribution in [1.82, 2.24) is 9.55 Å². The van der Waals surface area contributed by atoms with Gasteiger partial charge in [-0.15, -0.1) is 11.6 Å². The number of thioether (sulfide) groups is 1. The molecule has 0 bridgehead atoms. The fourth-order valence-corrected chi connectivity index (χ4v) is 2.91. The Bertz CT molecular complexity index is 537. The quantitative estimate of drug-likeness (QED) is 0.586. The average Bonchev–Trinajstić information content (AvgIpc) is 2.70. The largest absolute Gasteiger partial charge is 0.325 e. The standard InChI is InChI=1S/C13H16Cl2N2S/c1-9(14)13-16-11-6-3-5-10(15)12(11)17(13)7-4-8-18-2/h3,5-6,9H,4,7-8H2,1-2H3. The van der Waals surface area contributed by atoms with E-state index in [4.69, 9.17) is 23.2 Å². The van der Waals surface area contributed by atoms with Gasteiger partial charge >= 0.3 is 0 Å². The summed E-state index contributed by atoms with van der Waals surface area (Å²) in [6.07, 6.45) is 3.21. The minimum atomic E-state index is -0.109. The lowest BCUT2D eigenvalue weighted by atomic mass is 10.3. The van der Waals surface area contributed by atoms with E-state index in [-0.39, 0.29) is 5.38 Å². The van der Waals surface area contributed by atoms with E-state index >= 15 is 0 Å². The minimum absolute atomic E-state index is 0.109. The van der Waals surface area contributed by atoms with Crippen molar-refractivity contribution in [2.45, 2.75) is 25.3 Å². The Balaban J connectivity index is 2.47. The monoisotopic (exact) mass is 302 g/mol. The Morgan fingerprint density at radius 3 is 2.89 bits per heavy atom. The molecule has 1 aromatic heterocycles. The molecule has 0 amide bonds. The number of nitrogens with zero attached hydrogens (tertiary/aromatic N) is 2. The number of aryl methyl sites for hydroxylation is 1. The molecule has 0 saturated carbocycles. The van der Waals surface area contributed by atoms with Crippen LogP contribution in [0.25, 0.3) is 11.0 Å². The van der Waals surface area contributed by atoms with Crippen LogP contribution in [0.4, 0.5) is 0 Å². The van der Waals surface area contributed by atoms with Gasteiger partial charge in [-0.3, -0.25) is 0 Å². The number of imidazole rings is 1. The molecule has 1 atom stereocenters. The summed E-state index contributed by atoms with van der Waals surface area (Å²) >= 11 is 14.3. The second-order valence-corrected chi connectivity index (χ2v) is 6.24. The van der Waals surface area contributed by atoms with Gasteiger partial charge in [-0.1, -0.05) is 17.7 Å². The number of rotatable bonds is 5. The molecule has 0 radical (unpaired) electrons. The molecular weight excluding hydrogens is 287 g/mol. The smallest absolute Gasteiger partial charge is 0.127 e. The fourth-order valence-electron chi connectivity index (χ4n) is 2.06. The molecule has 18 heavy (non-hydrogen) atoms. The van der Waals surface area contributed by atoms with Crippen molar-refractivity contribution in [2.75, 3.05) is 12.0 Å². The van der Waals surface area contributed by atoms with E-state index in [0.29, 0.717) is 0 Å². The van der Waals surface area contributed by atoms with Crippen LogP contribution in [0.3, 0.4) is 0 Å². The van der Waals surface area contributed by atoms with Gasteiger partial charge in [0.2, 0.25) is 0 Å². The Kier molecular flexibility index (Phi) is 4.82. The van der Waals surface area contributed by atoms with Crippen molar-refractivity contribution >= 4 is 46.0 Å². The van der Waals surface area contributed by atoms with Gasteiger partial charge in [0, 0.05) is 6.54 Å². The zero-order chi connectivity index (χ0) is 13.1. The number of halogens is 2. The Labute approximate surface area is 122 Å². The van der Waals surface area contributed by atoms with Gasteiger partial charge in [0.05, 0.1) is 21.4 Å². The lowest BCUT2D eigenvalue weighted by Crippen LogP contribution is -2.05. The molecule has 2 aromatic rings. The van der Waals surface area contributed by atoms with Crippen molar-refractivity contribution in [3.63, 3.8) is 0 Å². The van der Waals surface area contributed by atoms with Gasteiger partial charge in [0.25, 0.3) is 0 Å². The predicted molar refractivity (Wildman–Crippen MR) is 82.0 cm³/mol. The number of fused-ring (bicyclic) bond motifs is 1. The Morgan fingerprint density at radius 2 is 2.22 bits per heavy atom. The molecule has 0 aliphatic heterocycles. The lowest BCUT2D eigenvalue weighted by Gasteiger charge is -2.10. The summed E-state index contributed by atoms with van der Waals surface area (Å²) in [4.78, 5) is 4.59. The third-order valence-electron chi connectivity index (χ3n) is 2.83. The van der Waals surface area contributed by atoms with E-state index in [0.717, 1.165) is 40.6 Å². The second-order valence-electron chi connectivity index (χ2n) is 4.19. The summed E-state index contributed by atoms with van der Waals surface area (Å²) in [5.74, 6) is 2.03. The molecule has 0 N–H and O–H groups in total. The van der Waals surface area contributed by atoms with Gasteiger partial charge < -0.3 is 4.57 Å². The van der Waals surface area contributed by atoms with E-state index < -0.39 is 0 Å². The van der Waals surface area contributed by atoms with Crippen LogP contribution in [-0.2, 0) is 6.54 Å². The Morgan fingerprint density at radius 1 is 1.44 bits per heavy atom. The summed E-state index contributed by atoms with van der Waals surface area (Å²) < 4.78 is 2.16. The van der Waals surface area contributed by atoms with Crippen molar-refractivity contribution in [3.8, 4) is 0 Å². The normalized spacial score (nSPS) is 13.1. The van der Waals surface area contributed by atoms with Crippen LogP contribution in [0.15, 0.2) is 18.2 Å². The van der Waals surface area contributed by atoms with Gasteiger partial charge in [-0.25, -0.2) is 4.98 Å². The zero-order valence-electron chi connectivity index (χ0n) is 10.5. The molecule has 2 nitrogen and oxygen atoms in total. The van der Waals surface area contributed by atoms with E-state index in [1.54, 1.807) is 0 Å². The van der Waals surface area contributed by atoms with Gasteiger partial charge in [-0.05, 0) is 37.5 Å². The zero-order valence-corrected chi connectivity index (χ0v) is 12.8. The maximum Gasteiger partial charge on any atom is 0.127 e. The molecule has 0 aliphatic rings. The topological polar surface area (TPSA) is 17.8 Å². The molecule has 0 fully saturated rings. The molecule has 1 aromatic carbocycles. The van der Waals surface area contributed by atoms with Crippen molar-refractivity contribution < 1.29 is 0 Å². The first-order valence-corrected chi connectivity index (χ1v) is 8.13. The molecule has 0 aliphatic carbocycles. The first-order chi connectivity index (χ1) is 8.65. The minimum Gasteiger partial charge on any atom is -0.325 e. The molecule has 0 spiro atoms. The van der Waals surface area contributed by atoms with E-state index in [2.05, 4.69) is 15.8 Å². The van der Waals surface area contributed by atoms with Crippen LogP contribution in [-0.4, -0.2) is 21.6 Å². The maximum atomic E-state index is 6.28. The molecule has 5 heteroatoms. The van der Waals surface area contributed by atoms with E-state index in [1.807, 2.05) is 36.9 Å². The van der Waals surface area contributed by atoms with Crippen LogP contribution in [0.2, 0.25) is 5.02 Å². The van der Waals surface area contributed by atoms with Crippen LogP contribution in [0.1, 0.15) is 24.5 Å². The average molecular weight is 303 g/mol. The van der Waals surface area contributed by atoms with E-state index in [9.17, 15) is 0 Å². The number of alkyl halides is 1. The molecule has 0 saturated heterocycles. The number of benzene rings is 1. The number of para-hydroxylation sites is 1. The molecule has 1 unspecified atom stereocenters. The molecule has 1 heterocycles. The van der Waals surface area contributed by atoms with Crippen molar-refractivity contribution in [3.05, 3.63) is 29.0 Å². The number of hydrogen-bond acceptors (Lipinski definition) is 2. The van der Waals surface area contributed by atoms with Gasteiger partial charge in [0.1, 0.15) is 5.82 Å². The first kappa shape index (κ1) is 14.0. The summed E-state index contributed by atoms with van der Waals surface area (Å²) in [6, 6.07) is 5.81. The summed E-state index contributed by atoms with van der Waals surface area (Å²) in [7, 11) is 0. The van der Waals surface area contributed by atoms with Gasteiger partial charge in [0.15, 0.2) is 0 Å². The third-order valence-corrected chi connectivity index (χ3v) is 4.03. The van der Waals surface area contributed by atoms with Gasteiger partial charge in [-0.2, -0.15) is 11.8 Å². The fraction of sp³-hybridized carbons (Fsp3) is 0.462. The summed E-state index contributed by atoms with van der Waals surface area (Å²) in [6.45, 7) is 2.86. The van der Waals surface area contributed by atoms with E-state index in [1.165, 1.54) is 0 Å². The predicted octanol–water partition coefficient (Wildman–Crippen LogP) is 4.74. The Hall–Kier alpha value is -0.380. The summed E-state index contributed by atoms with van der Waals surface area (Å²) in [5, 5.41) is 0.635. The third kappa shape index (κ3) is 2.79. The number of aromatic nitrogens is 2. The van der Waals surface area contributed by atoms with Crippen LogP contribution < -0.4 is 0 Å². The van der Waals surface area contributed by atoms with Crippen LogP contribution >= 0.6 is 35.0 Å². The second kappa shape index (κ2) is 6.18. The highest BCUT2D eigenvalue weighted by molar-refractivity contribution is 7.98. The molecule has 2 rings (SSSR count). The van der Waals surface area contributed by atoms with Crippen molar-refractivity contribution in [1.29, 1.82) is 0 Å². The first-order valence-electron chi connectivity index (χ1n) is 5.92. The molecular formula is C13H16Cl2N2S. The highest BCUT2D eigenvalue weighted by Crippen LogP contribution is 2.29. The highest BCUT2D eigenvalue weighted by Gasteiger charge is 2.16. The van der Waals surface area contributed by atoms with Crippen LogP contribution in [0.5, 0.6) is 0 Å². The SMILES string of the molecule is CSCCCn1c(C(C)Cl)nc2cccc(Cl)c21. The van der Waals surface area contributed by atoms with Crippen molar-refractivity contribution in [2.24, 2.45) is 0 Å². The lowest BCUT2D eigenvalue weighted by molar-refractivity contribution is 0.658. The molecule has 98 valence electrons. The highest BCUT2D eigenvalue weighted by atomic mass is 35.5. The van der Waals surface area contributed by atoms with Crippen LogP contribution in [0, 0.1) is 0 Å².